The lowest BCUT2D eigenvalue weighted by Gasteiger charge is -2.20. The molecule has 84 valence electrons. The van der Waals surface area contributed by atoms with E-state index < -0.39 is 11.7 Å². The van der Waals surface area contributed by atoms with Crippen molar-refractivity contribution in [2.24, 2.45) is 5.18 Å². The van der Waals surface area contributed by atoms with Gasteiger partial charge in [-0.2, -0.15) is 0 Å². The number of esters is 1. The number of hydrogen-bond donors (Lipinski definition) is 0. The first-order chi connectivity index (χ1) is 7.76. The molecule has 1 saturated carbocycles. The zero-order valence-electron chi connectivity index (χ0n) is 8.89. The van der Waals surface area contributed by atoms with Crippen molar-refractivity contribution in [1.29, 1.82) is 0 Å². The van der Waals surface area contributed by atoms with Crippen LogP contribution in [-0.2, 0) is 4.74 Å². The Morgan fingerprint density at radius 2 is 1.81 bits per heavy atom. The molecule has 1 aliphatic carbocycles. The van der Waals surface area contributed by atoms with Gasteiger partial charge in [-0.05, 0) is 30.2 Å². The summed E-state index contributed by atoms with van der Waals surface area (Å²) in [5.74, 6) is -0.470. The number of carbonyl (C=O) groups is 1. The molecule has 0 spiro atoms. The summed E-state index contributed by atoms with van der Waals surface area (Å²) in [6, 6.07) is 8.66. The van der Waals surface area contributed by atoms with E-state index in [9.17, 15) is 9.70 Å². The first-order valence-electron chi connectivity index (χ1n) is 5.39. The van der Waals surface area contributed by atoms with E-state index in [-0.39, 0.29) is 0 Å². The number of hydrogen-bond acceptors (Lipinski definition) is 4. The molecule has 1 aliphatic rings. The summed E-state index contributed by atoms with van der Waals surface area (Å²) in [4.78, 5) is 22.5. The van der Waals surface area contributed by atoms with Crippen molar-refractivity contribution in [3.8, 4) is 0 Å². The Labute approximate surface area is 93.6 Å². The molecule has 1 fully saturated rings. The van der Waals surface area contributed by atoms with Gasteiger partial charge in [0.15, 0.2) is 0 Å². The monoisotopic (exact) mass is 219 g/mol. The molecule has 16 heavy (non-hydrogen) atoms. The van der Waals surface area contributed by atoms with E-state index in [0.29, 0.717) is 18.4 Å². The Balaban J connectivity index is 2.10. The van der Waals surface area contributed by atoms with Crippen molar-refractivity contribution in [2.75, 3.05) is 0 Å². The van der Waals surface area contributed by atoms with Crippen LogP contribution >= 0.6 is 0 Å². The number of ether oxygens (including phenoxy) is 1. The summed E-state index contributed by atoms with van der Waals surface area (Å²) in [6.45, 7) is 0. The van der Waals surface area contributed by atoms with Gasteiger partial charge in [-0.25, -0.2) is 4.79 Å². The SMILES string of the molecule is O=NC1(OC(=O)c2ccccc2)CCCC1. The average Bonchev–Trinajstić information content (AvgIpc) is 2.79. The van der Waals surface area contributed by atoms with Crippen LogP contribution in [0.1, 0.15) is 36.0 Å². The molecule has 4 heteroatoms. The van der Waals surface area contributed by atoms with Gasteiger partial charge in [-0.1, -0.05) is 18.2 Å². The number of benzene rings is 1. The zero-order valence-corrected chi connectivity index (χ0v) is 8.89. The van der Waals surface area contributed by atoms with Gasteiger partial charge in [0.1, 0.15) is 0 Å². The molecule has 0 saturated heterocycles. The Morgan fingerprint density at radius 3 is 2.38 bits per heavy atom. The minimum atomic E-state index is -1.12. The molecule has 0 unspecified atom stereocenters. The van der Waals surface area contributed by atoms with Gasteiger partial charge in [-0.15, -0.1) is 4.91 Å². The summed E-state index contributed by atoms with van der Waals surface area (Å²) in [5.41, 5.74) is -0.662. The lowest BCUT2D eigenvalue weighted by molar-refractivity contribution is -0.0117. The minimum Gasteiger partial charge on any atom is -0.430 e. The second-order valence-corrected chi connectivity index (χ2v) is 4.00. The number of rotatable bonds is 3. The Morgan fingerprint density at radius 1 is 1.19 bits per heavy atom. The van der Waals surface area contributed by atoms with Crippen LogP contribution in [-0.4, -0.2) is 11.7 Å². The van der Waals surface area contributed by atoms with Crippen LogP contribution in [0.25, 0.3) is 0 Å². The van der Waals surface area contributed by atoms with E-state index in [0.717, 1.165) is 12.8 Å². The molecule has 0 atom stereocenters. The van der Waals surface area contributed by atoms with E-state index in [2.05, 4.69) is 5.18 Å². The normalized spacial score (nSPS) is 18.0. The second-order valence-electron chi connectivity index (χ2n) is 4.00. The van der Waals surface area contributed by atoms with E-state index in [4.69, 9.17) is 4.74 Å². The summed E-state index contributed by atoms with van der Waals surface area (Å²) in [6.07, 6.45) is 2.84. The molecule has 0 radical (unpaired) electrons. The maximum atomic E-state index is 11.7. The van der Waals surface area contributed by atoms with Crippen LogP contribution in [0.2, 0.25) is 0 Å². The molecule has 0 aliphatic heterocycles. The molecule has 1 aromatic rings. The lowest BCUT2D eigenvalue weighted by atomic mass is 10.2. The first-order valence-corrected chi connectivity index (χ1v) is 5.39. The molecular formula is C12H13NO3. The van der Waals surface area contributed by atoms with E-state index in [1.165, 1.54) is 0 Å². The van der Waals surface area contributed by atoms with Crippen LogP contribution in [0.5, 0.6) is 0 Å². The van der Waals surface area contributed by atoms with Gasteiger partial charge in [-0.3, -0.25) is 0 Å². The molecule has 1 aromatic carbocycles. The number of carbonyl (C=O) groups excluding carboxylic acids is 1. The molecular weight excluding hydrogens is 206 g/mol. The van der Waals surface area contributed by atoms with Crippen LogP contribution in [0.15, 0.2) is 35.5 Å². The smallest absolute Gasteiger partial charge is 0.340 e. The second kappa shape index (κ2) is 4.43. The van der Waals surface area contributed by atoms with E-state index >= 15 is 0 Å². The van der Waals surface area contributed by atoms with Gasteiger partial charge in [0.05, 0.1) is 5.56 Å². The standard InChI is InChI=1S/C12H13NO3/c14-11(10-6-2-1-3-7-10)16-12(13-15)8-4-5-9-12/h1-3,6-7H,4-5,8-9H2. The van der Waals surface area contributed by atoms with Crippen molar-refractivity contribution in [3.05, 3.63) is 40.8 Å². The topological polar surface area (TPSA) is 55.7 Å². The minimum absolute atomic E-state index is 0.456. The van der Waals surface area contributed by atoms with Gasteiger partial charge in [0.25, 0.3) is 0 Å². The van der Waals surface area contributed by atoms with Gasteiger partial charge < -0.3 is 4.74 Å². The molecule has 0 aromatic heterocycles. The summed E-state index contributed by atoms with van der Waals surface area (Å²) < 4.78 is 5.22. The van der Waals surface area contributed by atoms with Gasteiger partial charge >= 0.3 is 5.97 Å². The van der Waals surface area contributed by atoms with Crippen LogP contribution in [0.3, 0.4) is 0 Å². The van der Waals surface area contributed by atoms with Crippen LogP contribution in [0, 0.1) is 4.91 Å². The Bertz CT molecular complexity index is 383. The molecule has 0 amide bonds. The highest BCUT2D eigenvalue weighted by Crippen LogP contribution is 2.34. The third-order valence-corrected chi connectivity index (χ3v) is 2.84. The zero-order chi connectivity index (χ0) is 11.4. The predicted molar refractivity (Wildman–Crippen MR) is 58.9 cm³/mol. The Hall–Kier alpha value is -1.71. The van der Waals surface area contributed by atoms with E-state index in [1.807, 2.05) is 6.07 Å². The lowest BCUT2D eigenvalue weighted by Crippen LogP contribution is -2.29. The molecule has 2 rings (SSSR count). The maximum Gasteiger partial charge on any atom is 0.340 e. The van der Waals surface area contributed by atoms with Crippen molar-refractivity contribution in [3.63, 3.8) is 0 Å². The summed E-state index contributed by atoms with van der Waals surface area (Å²) >= 11 is 0. The van der Waals surface area contributed by atoms with Crippen LogP contribution < -0.4 is 0 Å². The fraction of sp³-hybridized carbons (Fsp3) is 0.417. The van der Waals surface area contributed by atoms with E-state index in [1.54, 1.807) is 24.3 Å². The predicted octanol–water partition coefficient (Wildman–Crippen LogP) is 2.88. The highest BCUT2D eigenvalue weighted by molar-refractivity contribution is 5.89. The maximum absolute atomic E-state index is 11.7. The average molecular weight is 219 g/mol. The highest BCUT2D eigenvalue weighted by Gasteiger charge is 2.39. The van der Waals surface area contributed by atoms with Gasteiger partial charge in [0.2, 0.25) is 5.72 Å². The largest absolute Gasteiger partial charge is 0.430 e. The van der Waals surface area contributed by atoms with Gasteiger partial charge in [0, 0.05) is 12.8 Å². The molecule has 0 heterocycles. The fourth-order valence-electron chi connectivity index (χ4n) is 1.95. The molecule has 0 N–H and O–H groups in total. The van der Waals surface area contributed by atoms with Crippen LogP contribution in [0.4, 0.5) is 0 Å². The summed E-state index contributed by atoms with van der Waals surface area (Å²) in [7, 11) is 0. The fourth-order valence-corrected chi connectivity index (χ4v) is 1.95. The van der Waals surface area contributed by atoms with Crippen molar-refractivity contribution < 1.29 is 9.53 Å². The number of nitrogens with zero attached hydrogens (tertiary/aromatic N) is 1. The first kappa shape index (κ1) is 10.8. The third-order valence-electron chi connectivity index (χ3n) is 2.84. The van der Waals surface area contributed by atoms with Crippen molar-refractivity contribution in [2.45, 2.75) is 31.4 Å². The molecule has 4 nitrogen and oxygen atoms in total. The number of nitroso groups, excluding NO2 is 1. The molecule has 0 bridgehead atoms. The van der Waals surface area contributed by atoms with Crippen molar-refractivity contribution >= 4 is 5.97 Å². The highest BCUT2D eigenvalue weighted by atomic mass is 16.6. The Kier molecular flexibility index (Phi) is 2.99. The summed E-state index contributed by atoms with van der Waals surface area (Å²) in [5, 5.41) is 2.99. The quantitative estimate of drug-likeness (QED) is 0.580. The van der Waals surface area contributed by atoms with Crippen molar-refractivity contribution in [1.82, 2.24) is 0 Å². The third kappa shape index (κ3) is 2.10.